The van der Waals surface area contributed by atoms with E-state index in [9.17, 15) is 13.2 Å². The minimum atomic E-state index is -3.12. The van der Waals surface area contributed by atoms with E-state index in [1.54, 1.807) is 0 Å². The third-order valence-electron chi connectivity index (χ3n) is 2.81. The first-order valence-corrected chi connectivity index (χ1v) is 7.33. The van der Waals surface area contributed by atoms with Gasteiger partial charge < -0.3 is 4.74 Å². The Morgan fingerprint density at radius 3 is 2.57 bits per heavy atom. The van der Waals surface area contributed by atoms with Crippen LogP contribution in [0, 0.1) is 5.82 Å². The molecular weight excluding hydrogens is 371 g/mol. The van der Waals surface area contributed by atoms with Crippen LogP contribution in [-0.2, 0) is 5.92 Å². The Hall–Kier alpha value is -1.27. The summed E-state index contributed by atoms with van der Waals surface area (Å²) in [6, 6.07) is 6.45. The highest BCUT2D eigenvalue weighted by atomic mass is 79.9. The second kappa shape index (κ2) is 6.23. The number of benzene rings is 1. The summed E-state index contributed by atoms with van der Waals surface area (Å²) in [5, 5.41) is -0.669. The van der Waals surface area contributed by atoms with Crippen molar-refractivity contribution in [2.45, 2.75) is 5.92 Å². The summed E-state index contributed by atoms with van der Waals surface area (Å²) >= 11 is 8.47. The topological polar surface area (TPSA) is 22.1 Å². The molecule has 1 aromatic carbocycles. The van der Waals surface area contributed by atoms with Gasteiger partial charge in [-0.2, -0.15) is 8.78 Å². The first-order valence-electron chi connectivity index (χ1n) is 5.84. The smallest absolute Gasteiger partial charge is 0.299 e. The minimum Gasteiger partial charge on any atom is -0.494 e. The molecular formula is C14H10BrClF3NO. The fourth-order valence-electron chi connectivity index (χ4n) is 1.73. The number of ether oxygens (including phenoxy) is 1. The summed E-state index contributed by atoms with van der Waals surface area (Å²) in [5.41, 5.74) is 0.165. The van der Waals surface area contributed by atoms with Gasteiger partial charge in [-0.1, -0.05) is 27.5 Å². The van der Waals surface area contributed by atoms with Crippen molar-refractivity contribution in [2.75, 3.05) is 12.4 Å². The van der Waals surface area contributed by atoms with Gasteiger partial charge in [-0.3, -0.25) is 0 Å². The van der Waals surface area contributed by atoms with Crippen LogP contribution in [0.25, 0.3) is 11.3 Å². The number of nitrogens with zero attached hydrogens (tertiary/aromatic N) is 1. The summed E-state index contributed by atoms with van der Waals surface area (Å²) in [6.45, 7) is 0. The van der Waals surface area contributed by atoms with E-state index in [1.165, 1.54) is 31.4 Å². The van der Waals surface area contributed by atoms with Gasteiger partial charge in [-0.25, -0.2) is 9.37 Å². The van der Waals surface area contributed by atoms with E-state index in [2.05, 4.69) is 20.9 Å². The molecule has 0 saturated carbocycles. The van der Waals surface area contributed by atoms with Crippen LogP contribution in [0.4, 0.5) is 13.2 Å². The number of rotatable bonds is 4. The second-order valence-electron chi connectivity index (χ2n) is 4.21. The fraction of sp³-hybridized carbons (Fsp3) is 0.214. The van der Waals surface area contributed by atoms with Gasteiger partial charge in [0.15, 0.2) is 0 Å². The molecule has 1 aromatic heterocycles. The SMILES string of the molecule is COc1ccc(C(F)(F)CBr)nc1-c1ccc(F)c(Cl)c1. The van der Waals surface area contributed by atoms with Crippen LogP contribution in [0.5, 0.6) is 5.75 Å². The largest absolute Gasteiger partial charge is 0.494 e. The van der Waals surface area contributed by atoms with E-state index in [-0.39, 0.29) is 10.7 Å². The molecule has 7 heteroatoms. The Balaban J connectivity index is 2.59. The van der Waals surface area contributed by atoms with Crippen LogP contribution in [0.15, 0.2) is 30.3 Å². The maximum Gasteiger partial charge on any atom is 0.299 e. The molecule has 0 aliphatic rings. The van der Waals surface area contributed by atoms with Crippen LogP contribution in [0.3, 0.4) is 0 Å². The molecule has 21 heavy (non-hydrogen) atoms. The van der Waals surface area contributed by atoms with Crippen LogP contribution in [-0.4, -0.2) is 17.4 Å². The highest BCUT2D eigenvalue weighted by Gasteiger charge is 2.32. The monoisotopic (exact) mass is 379 g/mol. The highest BCUT2D eigenvalue weighted by Crippen LogP contribution is 2.35. The summed E-state index contributed by atoms with van der Waals surface area (Å²) in [7, 11) is 1.40. The van der Waals surface area contributed by atoms with E-state index < -0.39 is 22.8 Å². The number of pyridine rings is 1. The number of methoxy groups -OCH3 is 1. The van der Waals surface area contributed by atoms with Gasteiger partial charge in [-0.15, -0.1) is 0 Å². The lowest BCUT2D eigenvalue weighted by molar-refractivity contribution is 0.0198. The van der Waals surface area contributed by atoms with Gasteiger partial charge in [-0.05, 0) is 30.3 Å². The van der Waals surface area contributed by atoms with Gasteiger partial charge in [0, 0.05) is 5.56 Å². The second-order valence-corrected chi connectivity index (χ2v) is 5.18. The van der Waals surface area contributed by atoms with E-state index in [1.807, 2.05) is 0 Å². The van der Waals surface area contributed by atoms with Gasteiger partial charge in [0.2, 0.25) is 0 Å². The Morgan fingerprint density at radius 1 is 1.29 bits per heavy atom. The van der Waals surface area contributed by atoms with Gasteiger partial charge >= 0.3 is 0 Å². The fourth-order valence-corrected chi connectivity index (χ4v) is 2.20. The first kappa shape index (κ1) is 16.1. The molecule has 0 fully saturated rings. The molecule has 112 valence electrons. The molecule has 0 saturated heterocycles. The first-order chi connectivity index (χ1) is 9.89. The van der Waals surface area contributed by atoms with Gasteiger partial charge in [0.05, 0.1) is 17.5 Å². The Kier molecular flexibility index (Phi) is 4.78. The van der Waals surface area contributed by atoms with Crippen LogP contribution >= 0.6 is 27.5 Å². The number of halogens is 5. The van der Waals surface area contributed by atoms with Crippen LogP contribution in [0.1, 0.15) is 5.69 Å². The number of aromatic nitrogens is 1. The third kappa shape index (κ3) is 3.32. The third-order valence-corrected chi connectivity index (χ3v) is 3.81. The number of hydrogen-bond donors (Lipinski definition) is 0. The van der Waals surface area contributed by atoms with Crippen molar-refractivity contribution in [2.24, 2.45) is 0 Å². The molecule has 0 amide bonds. The van der Waals surface area contributed by atoms with Crippen molar-refractivity contribution < 1.29 is 17.9 Å². The zero-order valence-corrected chi connectivity index (χ0v) is 13.2. The predicted molar refractivity (Wildman–Crippen MR) is 78.9 cm³/mol. The molecule has 0 spiro atoms. The lowest BCUT2D eigenvalue weighted by Crippen LogP contribution is -2.17. The maximum atomic E-state index is 13.7. The Bertz CT molecular complexity index is 667. The van der Waals surface area contributed by atoms with Crippen LogP contribution < -0.4 is 4.74 Å². The highest BCUT2D eigenvalue weighted by molar-refractivity contribution is 9.09. The van der Waals surface area contributed by atoms with Crippen molar-refractivity contribution >= 4 is 27.5 Å². The Morgan fingerprint density at radius 2 is 2.00 bits per heavy atom. The average molecular weight is 381 g/mol. The van der Waals surface area contributed by atoms with E-state index in [0.717, 1.165) is 6.07 Å². The zero-order valence-electron chi connectivity index (χ0n) is 10.8. The number of alkyl halides is 3. The molecule has 2 nitrogen and oxygen atoms in total. The van der Waals surface area contributed by atoms with E-state index >= 15 is 0 Å². The summed E-state index contributed by atoms with van der Waals surface area (Å²) in [6.07, 6.45) is 0. The van der Waals surface area contributed by atoms with Crippen molar-refractivity contribution in [3.05, 3.63) is 46.9 Å². The molecule has 1 heterocycles. The van der Waals surface area contributed by atoms with Crippen molar-refractivity contribution in [3.8, 4) is 17.0 Å². The molecule has 0 aliphatic carbocycles. The van der Waals surface area contributed by atoms with Gasteiger partial charge in [0.25, 0.3) is 5.92 Å². The predicted octanol–water partition coefficient (Wildman–Crippen LogP) is 5.04. The average Bonchev–Trinajstić information content (AvgIpc) is 2.49. The Labute approximate surface area is 133 Å². The van der Waals surface area contributed by atoms with Crippen molar-refractivity contribution in [3.63, 3.8) is 0 Å². The molecule has 2 rings (SSSR count). The molecule has 0 N–H and O–H groups in total. The van der Waals surface area contributed by atoms with Crippen molar-refractivity contribution in [1.29, 1.82) is 0 Å². The standard InChI is InChI=1S/C14H10BrClF3NO/c1-21-11-4-5-12(14(18,19)7-15)20-13(11)8-2-3-10(17)9(16)6-8/h2-6H,7H2,1H3. The lowest BCUT2D eigenvalue weighted by atomic mass is 10.1. The molecule has 2 aromatic rings. The normalized spacial score (nSPS) is 11.5. The molecule has 0 aliphatic heterocycles. The molecule has 0 atom stereocenters. The summed E-state index contributed by atoms with van der Waals surface area (Å²) in [4.78, 5) is 3.94. The van der Waals surface area contributed by atoms with Crippen LogP contribution in [0.2, 0.25) is 5.02 Å². The van der Waals surface area contributed by atoms with Crippen molar-refractivity contribution in [1.82, 2.24) is 4.98 Å². The zero-order chi connectivity index (χ0) is 15.6. The van der Waals surface area contributed by atoms with Gasteiger partial charge in [0.1, 0.15) is 23.0 Å². The maximum absolute atomic E-state index is 13.7. The molecule has 0 unspecified atom stereocenters. The van der Waals surface area contributed by atoms with E-state index in [4.69, 9.17) is 16.3 Å². The number of hydrogen-bond acceptors (Lipinski definition) is 2. The lowest BCUT2D eigenvalue weighted by Gasteiger charge is -2.15. The molecule has 0 radical (unpaired) electrons. The summed E-state index contributed by atoms with van der Waals surface area (Å²) < 4.78 is 45.8. The summed E-state index contributed by atoms with van der Waals surface area (Å²) in [5.74, 6) is -3.42. The molecule has 0 bridgehead atoms. The van der Waals surface area contributed by atoms with E-state index in [0.29, 0.717) is 11.3 Å². The minimum absolute atomic E-state index is 0.117. The quantitative estimate of drug-likeness (QED) is 0.694.